The van der Waals surface area contributed by atoms with Gasteiger partial charge < -0.3 is 29.0 Å². The number of ether oxygens (including phenoxy) is 5. The average molecular weight is 496 g/mol. The molecule has 0 radical (unpaired) electrons. The molecule has 0 aromatic heterocycles. The maximum atomic E-state index is 12.0. The number of alkyl carbamates (subject to hydrolysis) is 1. The fourth-order valence-electron chi connectivity index (χ4n) is 3.01. The molecular weight excluding hydrogens is 450 g/mol. The van der Waals surface area contributed by atoms with E-state index in [1.807, 2.05) is 72.7 Å². The Labute approximate surface area is 211 Å². The Morgan fingerprint density at radius 3 is 2.14 bits per heavy atom. The largest absolute Gasteiger partial charge is 0.494 e. The number of benzene rings is 1. The number of nitrogens with one attached hydrogen (secondary N) is 1. The van der Waals surface area contributed by atoms with E-state index >= 15 is 0 Å². The van der Waals surface area contributed by atoms with Crippen LogP contribution in [0.3, 0.4) is 0 Å². The van der Waals surface area contributed by atoms with Gasteiger partial charge in [0.25, 0.3) is 0 Å². The highest BCUT2D eigenvalue weighted by Gasteiger charge is 2.18. The minimum absolute atomic E-state index is 0.0284. The molecule has 0 saturated heterocycles. The average Bonchev–Trinajstić information content (AvgIpc) is 2.72. The van der Waals surface area contributed by atoms with E-state index in [-0.39, 0.29) is 18.6 Å². The van der Waals surface area contributed by atoms with E-state index < -0.39 is 17.3 Å². The van der Waals surface area contributed by atoms with Gasteiger partial charge in [0.05, 0.1) is 12.6 Å². The van der Waals surface area contributed by atoms with Crippen LogP contribution in [-0.2, 0) is 23.7 Å². The maximum absolute atomic E-state index is 12.0. The van der Waals surface area contributed by atoms with Crippen LogP contribution < -0.4 is 10.1 Å². The molecule has 0 spiro atoms. The summed E-state index contributed by atoms with van der Waals surface area (Å²) in [5.41, 5.74) is -0.0631. The number of amides is 1. The first-order chi connectivity index (χ1) is 16.4. The third-order valence-corrected chi connectivity index (χ3v) is 4.51. The van der Waals surface area contributed by atoms with Crippen molar-refractivity contribution in [2.45, 2.75) is 91.4 Å². The van der Waals surface area contributed by atoms with Crippen LogP contribution in [0.25, 0.3) is 0 Å². The molecule has 8 heteroatoms. The van der Waals surface area contributed by atoms with Gasteiger partial charge in [-0.2, -0.15) is 0 Å². The van der Waals surface area contributed by atoms with Crippen LogP contribution in [0.5, 0.6) is 5.75 Å². The van der Waals surface area contributed by atoms with Crippen molar-refractivity contribution in [2.75, 3.05) is 33.0 Å². The molecule has 0 saturated carbocycles. The Morgan fingerprint density at radius 1 is 0.829 bits per heavy atom. The molecule has 1 N–H and O–H groups in total. The molecule has 1 atom stereocenters. The minimum atomic E-state index is -0.530. The lowest BCUT2D eigenvalue weighted by Gasteiger charge is -2.22. The molecule has 200 valence electrons. The number of unbranched alkanes of at least 4 members (excludes halogenated alkanes) is 2. The lowest BCUT2D eigenvalue weighted by Crippen LogP contribution is -2.34. The number of hydrogen-bond donors (Lipinski definition) is 1. The molecule has 0 aliphatic carbocycles. The third kappa shape index (κ3) is 16.9. The van der Waals surface area contributed by atoms with E-state index in [2.05, 4.69) is 5.32 Å². The van der Waals surface area contributed by atoms with Gasteiger partial charge in [-0.25, -0.2) is 9.59 Å². The Bertz CT molecular complexity index is 753. The monoisotopic (exact) mass is 495 g/mol. The number of carbonyl (C=O) groups excluding carboxylic acids is 2. The van der Waals surface area contributed by atoms with Crippen LogP contribution in [0.1, 0.15) is 85.8 Å². The van der Waals surface area contributed by atoms with Crippen molar-refractivity contribution in [3.8, 4) is 5.75 Å². The lowest BCUT2D eigenvalue weighted by atomic mass is 10.1. The second-order valence-electron chi connectivity index (χ2n) is 10.5. The van der Waals surface area contributed by atoms with Crippen molar-refractivity contribution >= 4 is 12.1 Å². The predicted molar refractivity (Wildman–Crippen MR) is 136 cm³/mol. The molecule has 0 aliphatic heterocycles. The number of carbonyl (C=O) groups is 2. The molecule has 1 rings (SSSR count). The molecule has 0 heterocycles. The van der Waals surface area contributed by atoms with Crippen LogP contribution in [0.15, 0.2) is 24.3 Å². The highest BCUT2D eigenvalue weighted by molar-refractivity contribution is 5.71. The zero-order chi connectivity index (χ0) is 26.3. The third-order valence-electron chi connectivity index (χ3n) is 4.51. The smallest absolute Gasteiger partial charge is 0.408 e. The molecule has 1 amide bonds. The van der Waals surface area contributed by atoms with Gasteiger partial charge in [0.15, 0.2) is 0 Å². The van der Waals surface area contributed by atoms with Crippen LogP contribution >= 0.6 is 0 Å². The first kappa shape index (κ1) is 30.7. The van der Waals surface area contributed by atoms with E-state index in [9.17, 15) is 9.59 Å². The zero-order valence-electron chi connectivity index (χ0n) is 22.6. The Balaban J connectivity index is 2.09. The topological polar surface area (TPSA) is 92.3 Å². The minimum Gasteiger partial charge on any atom is -0.494 e. The fraction of sp³-hybridized carbons (Fsp3) is 0.704. The molecule has 0 bridgehead atoms. The first-order valence-corrected chi connectivity index (χ1v) is 12.5. The van der Waals surface area contributed by atoms with Crippen LogP contribution in [-0.4, -0.2) is 56.3 Å². The second kappa shape index (κ2) is 15.6. The quantitative estimate of drug-likeness (QED) is 0.251. The molecule has 1 aromatic carbocycles. The number of rotatable bonds is 15. The SMILES string of the molecule is CC(NC(=O)OC(C)(C)C)c1cccc(OCCCCCOCCCOCC(=O)OC(C)(C)C)c1. The van der Waals surface area contributed by atoms with Gasteiger partial charge in [-0.3, -0.25) is 0 Å². The zero-order valence-corrected chi connectivity index (χ0v) is 22.6. The summed E-state index contributed by atoms with van der Waals surface area (Å²) >= 11 is 0. The standard InChI is InChI=1S/C27H45NO7/c1-21(28-25(30)35-27(5,6)7)22-13-11-14-23(19-22)33-18-10-8-9-15-31-16-12-17-32-20-24(29)34-26(2,3)4/h11,13-14,19,21H,8-10,12,15-18,20H2,1-7H3,(H,28,30). The number of esters is 1. The molecule has 0 fully saturated rings. The Kier molecular flexibility index (Phi) is 13.7. The molecule has 35 heavy (non-hydrogen) atoms. The van der Waals surface area contributed by atoms with Gasteiger partial charge in [0.2, 0.25) is 0 Å². The molecule has 1 aromatic rings. The fourth-order valence-corrected chi connectivity index (χ4v) is 3.01. The van der Waals surface area contributed by atoms with Crippen LogP contribution in [0, 0.1) is 0 Å². The summed E-state index contributed by atoms with van der Waals surface area (Å²) in [6.07, 6.45) is 3.19. The summed E-state index contributed by atoms with van der Waals surface area (Å²) in [5.74, 6) is 0.433. The van der Waals surface area contributed by atoms with Crippen molar-refractivity contribution in [1.29, 1.82) is 0 Å². The summed E-state index contributed by atoms with van der Waals surface area (Å²) in [4.78, 5) is 23.5. The van der Waals surface area contributed by atoms with Crippen molar-refractivity contribution in [3.63, 3.8) is 0 Å². The van der Waals surface area contributed by atoms with Gasteiger partial charge in [-0.15, -0.1) is 0 Å². The van der Waals surface area contributed by atoms with Crippen molar-refractivity contribution in [2.24, 2.45) is 0 Å². The summed E-state index contributed by atoms with van der Waals surface area (Å²) < 4.78 is 27.3. The molecule has 8 nitrogen and oxygen atoms in total. The summed E-state index contributed by atoms with van der Waals surface area (Å²) in [5, 5.41) is 2.85. The lowest BCUT2D eigenvalue weighted by molar-refractivity contribution is -0.160. The molecule has 1 unspecified atom stereocenters. The van der Waals surface area contributed by atoms with Gasteiger partial charge in [0, 0.05) is 19.8 Å². The first-order valence-electron chi connectivity index (χ1n) is 12.5. The number of hydrogen-bond acceptors (Lipinski definition) is 7. The highest BCUT2D eigenvalue weighted by atomic mass is 16.6. The summed E-state index contributed by atoms with van der Waals surface area (Å²) in [7, 11) is 0. The van der Waals surface area contributed by atoms with Crippen molar-refractivity contribution < 1.29 is 33.3 Å². The Hall–Kier alpha value is -2.32. The van der Waals surface area contributed by atoms with Crippen LogP contribution in [0.2, 0.25) is 0 Å². The van der Waals surface area contributed by atoms with Crippen molar-refractivity contribution in [3.05, 3.63) is 29.8 Å². The van der Waals surface area contributed by atoms with E-state index in [4.69, 9.17) is 23.7 Å². The van der Waals surface area contributed by atoms with E-state index in [1.165, 1.54) is 0 Å². The predicted octanol–water partition coefficient (Wildman–Crippen LogP) is 5.59. The van der Waals surface area contributed by atoms with E-state index in [1.54, 1.807) is 0 Å². The normalized spacial score (nSPS) is 12.7. The van der Waals surface area contributed by atoms with Gasteiger partial charge in [-0.1, -0.05) is 12.1 Å². The Morgan fingerprint density at radius 2 is 1.46 bits per heavy atom. The highest BCUT2D eigenvalue weighted by Crippen LogP contribution is 2.20. The maximum Gasteiger partial charge on any atom is 0.408 e. The van der Waals surface area contributed by atoms with Gasteiger partial charge in [-0.05, 0) is 91.8 Å². The van der Waals surface area contributed by atoms with Gasteiger partial charge in [0.1, 0.15) is 23.6 Å². The second-order valence-corrected chi connectivity index (χ2v) is 10.5. The molecular formula is C27H45NO7. The summed E-state index contributed by atoms with van der Waals surface area (Å²) in [6, 6.07) is 7.54. The van der Waals surface area contributed by atoms with E-state index in [0.717, 1.165) is 37.0 Å². The summed E-state index contributed by atoms with van der Waals surface area (Å²) in [6.45, 7) is 15.3. The van der Waals surface area contributed by atoms with E-state index in [0.29, 0.717) is 26.4 Å². The van der Waals surface area contributed by atoms with Crippen molar-refractivity contribution in [1.82, 2.24) is 5.32 Å². The van der Waals surface area contributed by atoms with Gasteiger partial charge >= 0.3 is 12.1 Å². The molecule has 0 aliphatic rings. The van der Waals surface area contributed by atoms with Crippen LogP contribution in [0.4, 0.5) is 4.79 Å².